The maximum absolute atomic E-state index is 10.9. The highest BCUT2D eigenvalue weighted by molar-refractivity contribution is 5.54. The van der Waals surface area contributed by atoms with Gasteiger partial charge in [-0.05, 0) is 35.6 Å². The summed E-state index contributed by atoms with van der Waals surface area (Å²) in [5.74, 6) is -1.30. The van der Waals surface area contributed by atoms with Crippen molar-refractivity contribution < 1.29 is 30.3 Å². The molecule has 0 aliphatic carbocycles. The lowest BCUT2D eigenvalue weighted by atomic mass is 9.79. The van der Waals surface area contributed by atoms with Crippen LogP contribution < -0.4 is 4.74 Å². The van der Waals surface area contributed by atoms with Crippen LogP contribution in [0.15, 0.2) is 24.3 Å². The standard InChI is InChI=1S/C21H26O6/c1-5-11-12-8-13(21(2,3)4)14(22)9-17(12)27-20(18(11)25)10-6-15(23)19(26)16(24)7-10/h6-9,11,18,20,22-26H,5H2,1-4H3. The highest BCUT2D eigenvalue weighted by Gasteiger charge is 2.39. The van der Waals surface area contributed by atoms with Gasteiger partial charge in [0.1, 0.15) is 17.6 Å². The Labute approximate surface area is 158 Å². The molecule has 0 radical (unpaired) electrons. The number of hydrogen-bond acceptors (Lipinski definition) is 6. The van der Waals surface area contributed by atoms with E-state index in [2.05, 4.69) is 0 Å². The fourth-order valence-corrected chi connectivity index (χ4v) is 3.70. The molecule has 146 valence electrons. The van der Waals surface area contributed by atoms with E-state index in [1.807, 2.05) is 33.8 Å². The molecule has 3 unspecified atom stereocenters. The molecule has 5 N–H and O–H groups in total. The molecule has 0 fully saturated rings. The van der Waals surface area contributed by atoms with Crippen molar-refractivity contribution >= 4 is 0 Å². The monoisotopic (exact) mass is 374 g/mol. The SMILES string of the molecule is CCC1c2cc(C(C)(C)C)c(O)cc2OC(c2cc(O)c(O)c(O)c2)C1O. The molecule has 0 saturated heterocycles. The molecule has 0 amide bonds. The third-order valence-electron chi connectivity index (χ3n) is 5.17. The molecule has 0 spiro atoms. The van der Waals surface area contributed by atoms with E-state index >= 15 is 0 Å². The van der Waals surface area contributed by atoms with E-state index in [1.165, 1.54) is 12.1 Å². The van der Waals surface area contributed by atoms with Crippen molar-refractivity contribution in [1.29, 1.82) is 0 Å². The molecule has 6 heteroatoms. The molecule has 1 heterocycles. The van der Waals surface area contributed by atoms with Crippen LogP contribution in [0.2, 0.25) is 0 Å². The molecule has 2 aromatic carbocycles. The van der Waals surface area contributed by atoms with Crippen molar-refractivity contribution in [3.63, 3.8) is 0 Å². The van der Waals surface area contributed by atoms with E-state index in [4.69, 9.17) is 4.74 Å². The summed E-state index contributed by atoms with van der Waals surface area (Å²) >= 11 is 0. The zero-order valence-electron chi connectivity index (χ0n) is 15.9. The zero-order chi connectivity index (χ0) is 20.1. The molecule has 27 heavy (non-hydrogen) atoms. The lowest BCUT2D eigenvalue weighted by Crippen LogP contribution is -2.34. The average molecular weight is 374 g/mol. The Morgan fingerprint density at radius 1 is 0.926 bits per heavy atom. The van der Waals surface area contributed by atoms with Crippen LogP contribution in [-0.4, -0.2) is 31.6 Å². The molecule has 0 bridgehead atoms. The van der Waals surface area contributed by atoms with Crippen LogP contribution in [0.3, 0.4) is 0 Å². The van der Waals surface area contributed by atoms with Gasteiger partial charge in [-0.1, -0.05) is 27.7 Å². The van der Waals surface area contributed by atoms with Gasteiger partial charge in [0, 0.05) is 23.1 Å². The minimum Gasteiger partial charge on any atom is -0.508 e. The van der Waals surface area contributed by atoms with E-state index < -0.39 is 29.5 Å². The van der Waals surface area contributed by atoms with Crippen LogP contribution in [0.25, 0.3) is 0 Å². The lowest BCUT2D eigenvalue weighted by molar-refractivity contribution is -0.00166. The number of phenolic OH excluding ortho intramolecular Hbond substituents is 4. The maximum Gasteiger partial charge on any atom is 0.200 e. The van der Waals surface area contributed by atoms with Crippen molar-refractivity contribution in [3.05, 3.63) is 41.0 Å². The molecule has 1 aliphatic rings. The van der Waals surface area contributed by atoms with E-state index in [1.54, 1.807) is 6.07 Å². The van der Waals surface area contributed by atoms with Crippen molar-refractivity contribution in [2.24, 2.45) is 0 Å². The first-order chi connectivity index (χ1) is 12.5. The summed E-state index contributed by atoms with van der Waals surface area (Å²) in [6.07, 6.45) is -1.15. The fourth-order valence-electron chi connectivity index (χ4n) is 3.70. The first kappa shape index (κ1) is 19.2. The highest BCUT2D eigenvalue weighted by atomic mass is 16.5. The van der Waals surface area contributed by atoms with Gasteiger partial charge in [-0.2, -0.15) is 0 Å². The van der Waals surface area contributed by atoms with Gasteiger partial charge in [-0.3, -0.25) is 0 Å². The Morgan fingerprint density at radius 3 is 2.04 bits per heavy atom. The second-order valence-electron chi connectivity index (χ2n) is 8.11. The van der Waals surface area contributed by atoms with E-state index in [-0.39, 0.29) is 17.1 Å². The maximum atomic E-state index is 10.9. The van der Waals surface area contributed by atoms with Crippen LogP contribution in [-0.2, 0) is 5.41 Å². The minimum absolute atomic E-state index is 0.114. The second kappa shape index (κ2) is 6.53. The van der Waals surface area contributed by atoms with Gasteiger partial charge in [-0.15, -0.1) is 0 Å². The fraction of sp³-hybridized carbons (Fsp3) is 0.429. The predicted molar refractivity (Wildman–Crippen MR) is 101 cm³/mol. The molecular formula is C21H26O6. The Balaban J connectivity index is 2.11. The predicted octanol–water partition coefficient (Wildman–Crippen LogP) is 3.79. The molecule has 3 atom stereocenters. The second-order valence-corrected chi connectivity index (χ2v) is 8.11. The Hall–Kier alpha value is -2.60. The molecule has 2 aromatic rings. The summed E-state index contributed by atoms with van der Waals surface area (Å²) in [5.41, 5.74) is 1.65. The molecule has 0 aromatic heterocycles. The van der Waals surface area contributed by atoms with Crippen molar-refractivity contribution in [2.45, 2.75) is 57.7 Å². The normalized spacial score (nSPS) is 22.2. The topological polar surface area (TPSA) is 110 Å². The summed E-state index contributed by atoms with van der Waals surface area (Å²) < 4.78 is 5.95. The largest absolute Gasteiger partial charge is 0.508 e. The van der Waals surface area contributed by atoms with Crippen LogP contribution in [0, 0.1) is 0 Å². The number of phenols is 4. The van der Waals surface area contributed by atoms with Gasteiger partial charge in [0.25, 0.3) is 0 Å². The highest BCUT2D eigenvalue weighted by Crippen LogP contribution is 2.49. The van der Waals surface area contributed by atoms with Crippen molar-refractivity contribution in [3.8, 4) is 28.7 Å². The summed E-state index contributed by atoms with van der Waals surface area (Å²) in [5, 5.41) is 50.5. The van der Waals surface area contributed by atoms with Crippen molar-refractivity contribution in [2.75, 3.05) is 0 Å². The first-order valence-electron chi connectivity index (χ1n) is 9.01. The van der Waals surface area contributed by atoms with Crippen LogP contribution in [0.1, 0.15) is 62.8 Å². The Morgan fingerprint density at radius 2 is 1.52 bits per heavy atom. The van der Waals surface area contributed by atoms with E-state index in [0.29, 0.717) is 17.7 Å². The van der Waals surface area contributed by atoms with Gasteiger partial charge in [0.2, 0.25) is 0 Å². The smallest absolute Gasteiger partial charge is 0.200 e. The zero-order valence-corrected chi connectivity index (χ0v) is 15.9. The molecular weight excluding hydrogens is 348 g/mol. The number of aliphatic hydroxyl groups excluding tert-OH is 1. The van der Waals surface area contributed by atoms with E-state index in [9.17, 15) is 25.5 Å². The van der Waals surface area contributed by atoms with Gasteiger partial charge in [-0.25, -0.2) is 0 Å². The van der Waals surface area contributed by atoms with Gasteiger partial charge < -0.3 is 30.3 Å². The Bertz CT molecular complexity index is 845. The van der Waals surface area contributed by atoms with Gasteiger partial charge in [0.05, 0.1) is 0 Å². The quantitative estimate of drug-likeness (QED) is 0.512. The number of fused-ring (bicyclic) bond motifs is 1. The number of hydrogen-bond donors (Lipinski definition) is 5. The summed E-state index contributed by atoms with van der Waals surface area (Å²) in [6, 6.07) is 5.94. The lowest BCUT2D eigenvalue weighted by Gasteiger charge is -2.38. The number of aliphatic hydroxyl groups is 1. The number of benzene rings is 2. The van der Waals surface area contributed by atoms with Crippen LogP contribution >= 0.6 is 0 Å². The Kier molecular flexibility index (Phi) is 4.64. The molecule has 3 rings (SSSR count). The molecule has 6 nitrogen and oxygen atoms in total. The summed E-state index contributed by atoms with van der Waals surface area (Å²) in [6.45, 7) is 7.95. The third kappa shape index (κ3) is 3.25. The number of aromatic hydroxyl groups is 4. The summed E-state index contributed by atoms with van der Waals surface area (Å²) in [7, 11) is 0. The third-order valence-corrected chi connectivity index (χ3v) is 5.17. The average Bonchev–Trinajstić information content (AvgIpc) is 2.57. The van der Waals surface area contributed by atoms with Crippen molar-refractivity contribution in [1.82, 2.24) is 0 Å². The van der Waals surface area contributed by atoms with Gasteiger partial charge in [0.15, 0.2) is 23.4 Å². The number of rotatable bonds is 2. The minimum atomic E-state index is -0.928. The number of ether oxygens (including phenoxy) is 1. The van der Waals surface area contributed by atoms with Gasteiger partial charge >= 0.3 is 0 Å². The molecule has 1 aliphatic heterocycles. The summed E-state index contributed by atoms with van der Waals surface area (Å²) in [4.78, 5) is 0. The van der Waals surface area contributed by atoms with E-state index in [0.717, 1.165) is 11.1 Å². The molecule has 0 saturated carbocycles. The first-order valence-corrected chi connectivity index (χ1v) is 9.01. The van der Waals surface area contributed by atoms with Crippen LogP contribution in [0.5, 0.6) is 28.7 Å². The van der Waals surface area contributed by atoms with Crippen LogP contribution in [0.4, 0.5) is 0 Å².